The number of fused-ring (bicyclic) bond motifs is 1. The van der Waals surface area contributed by atoms with Crippen LogP contribution in [0.2, 0.25) is 0 Å². The number of para-hydroxylation sites is 1. The summed E-state index contributed by atoms with van der Waals surface area (Å²) in [4.78, 5) is 30.7. The minimum Gasteiger partial charge on any atom is -0.507 e. The Morgan fingerprint density at radius 1 is 1.27 bits per heavy atom. The van der Waals surface area contributed by atoms with Crippen molar-refractivity contribution in [1.82, 2.24) is 19.5 Å². The van der Waals surface area contributed by atoms with Crippen LogP contribution in [0.4, 0.5) is 5.95 Å². The van der Waals surface area contributed by atoms with Crippen molar-refractivity contribution in [2.24, 2.45) is 0 Å². The van der Waals surface area contributed by atoms with Gasteiger partial charge in [-0.15, -0.1) is 0 Å². The van der Waals surface area contributed by atoms with E-state index in [0.29, 0.717) is 34.1 Å². The number of phosphoric ester groups is 1. The molecule has 0 radical (unpaired) electrons. The third-order valence-electron chi connectivity index (χ3n) is 3.32. The molecule has 0 fully saturated rings. The first-order valence-electron chi connectivity index (χ1n) is 7.48. The number of anilines is 1. The van der Waals surface area contributed by atoms with Crippen LogP contribution in [0.1, 0.15) is 6.42 Å². The van der Waals surface area contributed by atoms with Gasteiger partial charge in [0.25, 0.3) is 0 Å². The second-order valence-electron chi connectivity index (χ2n) is 5.24. The fourth-order valence-electron chi connectivity index (χ4n) is 2.24. The molecule has 0 aliphatic heterocycles. The Kier molecular flexibility index (Phi) is 5.44. The molecule has 0 spiro atoms. The quantitative estimate of drug-likeness (QED) is 0.263. The van der Waals surface area contributed by atoms with E-state index in [2.05, 4.69) is 19.5 Å². The number of phenolic OH excluding ortho intramolecular Hbond substituents is 1. The number of nitrogens with zero attached hydrogens (tertiary/aromatic N) is 4. The maximum absolute atomic E-state index is 10.7. The van der Waals surface area contributed by atoms with Crippen molar-refractivity contribution in [3.05, 3.63) is 30.6 Å². The molecule has 0 unspecified atom stereocenters. The summed E-state index contributed by atoms with van der Waals surface area (Å²) in [5.74, 6) is 0.181. The fraction of sp³-hybridized carbons (Fsp3) is 0.214. The number of imidazole rings is 1. The molecule has 12 heteroatoms. The molecule has 3 rings (SSSR count). The van der Waals surface area contributed by atoms with Crippen molar-refractivity contribution in [1.29, 1.82) is 0 Å². The maximum atomic E-state index is 10.7. The second kappa shape index (κ2) is 7.60. The number of benzene rings is 1. The lowest BCUT2D eigenvalue weighted by atomic mass is 10.3. The van der Waals surface area contributed by atoms with E-state index in [-0.39, 0.29) is 18.3 Å². The SMILES string of the molecule is Nc1nc(Sc2ccccc2O)c2ncn(CCCOP(=O)(O)O)c2n1. The first kappa shape index (κ1) is 18.6. The van der Waals surface area contributed by atoms with Gasteiger partial charge in [-0.3, -0.25) is 4.52 Å². The number of aryl methyl sites for hydroxylation is 1. The Balaban J connectivity index is 1.82. The molecule has 0 aliphatic carbocycles. The van der Waals surface area contributed by atoms with Gasteiger partial charge in [0.05, 0.1) is 17.8 Å². The molecule has 2 aromatic heterocycles. The van der Waals surface area contributed by atoms with Crippen molar-refractivity contribution >= 4 is 36.7 Å². The van der Waals surface area contributed by atoms with Gasteiger partial charge in [-0.2, -0.15) is 4.98 Å². The molecule has 0 saturated carbocycles. The first-order chi connectivity index (χ1) is 12.3. The molecular formula is C14H16N5O5PS. The number of aromatic nitrogens is 4. The fourth-order valence-corrected chi connectivity index (χ4v) is 3.51. The van der Waals surface area contributed by atoms with E-state index in [1.165, 1.54) is 11.8 Å². The van der Waals surface area contributed by atoms with E-state index in [9.17, 15) is 9.67 Å². The number of phenols is 1. The molecule has 10 nitrogen and oxygen atoms in total. The number of nitrogens with two attached hydrogens (primary N) is 1. The van der Waals surface area contributed by atoms with Crippen LogP contribution in [0, 0.1) is 0 Å². The topological polar surface area (TPSA) is 157 Å². The van der Waals surface area contributed by atoms with E-state index in [0.717, 1.165) is 0 Å². The van der Waals surface area contributed by atoms with Gasteiger partial charge in [-0.1, -0.05) is 23.9 Å². The molecule has 0 aliphatic rings. The maximum Gasteiger partial charge on any atom is 0.469 e. The van der Waals surface area contributed by atoms with Crippen LogP contribution in [0.15, 0.2) is 40.5 Å². The molecule has 26 heavy (non-hydrogen) atoms. The lowest BCUT2D eigenvalue weighted by molar-refractivity contribution is 0.192. The lowest BCUT2D eigenvalue weighted by Gasteiger charge is -2.07. The third kappa shape index (κ3) is 4.51. The summed E-state index contributed by atoms with van der Waals surface area (Å²) in [5, 5.41) is 10.4. The molecule has 0 amide bonds. The highest BCUT2D eigenvalue weighted by Gasteiger charge is 2.16. The zero-order chi connectivity index (χ0) is 18.7. The Morgan fingerprint density at radius 2 is 2.04 bits per heavy atom. The molecule has 138 valence electrons. The third-order valence-corrected chi connectivity index (χ3v) is 4.89. The highest BCUT2D eigenvalue weighted by atomic mass is 32.2. The second-order valence-corrected chi connectivity index (χ2v) is 7.51. The van der Waals surface area contributed by atoms with E-state index in [4.69, 9.17) is 15.5 Å². The van der Waals surface area contributed by atoms with Crippen LogP contribution in [-0.2, 0) is 15.6 Å². The van der Waals surface area contributed by atoms with Crippen molar-refractivity contribution < 1.29 is 24.0 Å². The predicted octanol–water partition coefficient (Wildman–Crippen LogP) is 1.76. The number of aromatic hydroxyl groups is 1. The van der Waals surface area contributed by atoms with Crippen LogP contribution < -0.4 is 5.73 Å². The number of hydrogen-bond acceptors (Lipinski definition) is 8. The van der Waals surface area contributed by atoms with Gasteiger partial charge in [0.15, 0.2) is 5.65 Å². The van der Waals surface area contributed by atoms with Crippen LogP contribution in [0.3, 0.4) is 0 Å². The van der Waals surface area contributed by atoms with Crippen LogP contribution in [-0.4, -0.2) is 41.0 Å². The molecule has 3 aromatic rings. The van der Waals surface area contributed by atoms with Gasteiger partial charge in [-0.25, -0.2) is 14.5 Å². The number of phosphoric acid groups is 1. The highest BCUT2D eigenvalue weighted by Crippen LogP contribution is 2.37. The molecular weight excluding hydrogens is 381 g/mol. The Bertz CT molecular complexity index is 976. The van der Waals surface area contributed by atoms with Gasteiger partial charge in [-0.05, 0) is 18.6 Å². The summed E-state index contributed by atoms with van der Waals surface area (Å²) >= 11 is 1.22. The summed E-state index contributed by atoms with van der Waals surface area (Å²) in [7, 11) is -4.48. The average molecular weight is 397 g/mol. The summed E-state index contributed by atoms with van der Waals surface area (Å²) in [6.07, 6.45) is 1.90. The molecule has 0 atom stereocenters. The Hall–Kier alpha value is -2.17. The number of hydrogen-bond donors (Lipinski definition) is 4. The van der Waals surface area contributed by atoms with E-state index < -0.39 is 7.82 Å². The Morgan fingerprint density at radius 3 is 2.77 bits per heavy atom. The van der Waals surface area contributed by atoms with Crippen LogP contribution >= 0.6 is 19.6 Å². The summed E-state index contributed by atoms with van der Waals surface area (Å²) < 4.78 is 16.8. The molecule has 2 heterocycles. The molecule has 5 N–H and O–H groups in total. The average Bonchev–Trinajstić information content (AvgIpc) is 2.96. The van der Waals surface area contributed by atoms with Crippen molar-refractivity contribution in [3.8, 4) is 5.75 Å². The first-order valence-corrected chi connectivity index (χ1v) is 9.82. The standard InChI is InChI=1S/C14H16N5O5PS/c15-14-17-12-11(13(18-14)26-10-5-2-1-4-9(10)20)16-8-19(12)6-3-7-24-25(21,22)23/h1-2,4-5,8,20H,3,6-7H2,(H2,15,17,18)(H2,21,22,23). The smallest absolute Gasteiger partial charge is 0.469 e. The predicted molar refractivity (Wildman–Crippen MR) is 94.6 cm³/mol. The van der Waals surface area contributed by atoms with Crippen molar-refractivity contribution in [3.63, 3.8) is 0 Å². The zero-order valence-corrected chi connectivity index (χ0v) is 15.1. The minimum absolute atomic E-state index is 0.0589. The van der Waals surface area contributed by atoms with Crippen LogP contribution in [0.5, 0.6) is 5.75 Å². The van der Waals surface area contributed by atoms with Gasteiger partial charge in [0, 0.05) is 6.54 Å². The van der Waals surface area contributed by atoms with Crippen LogP contribution in [0.25, 0.3) is 11.2 Å². The van der Waals surface area contributed by atoms with Crippen molar-refractivity contribution in [2.45, 2.75) is 22.9 Å². The highest BCUT2D eigenvalue weighted by molar-refractivity contribution is 7.99. The van der Waals surface area contributed by atoms with Gasteiger partial charge in [0.1, 0.15) is 16.3 Å². The molecule has 0 saturated heterocycles. The monoisotopic (exact) mass is 397 g/mol. The Labute approximate surface area is 152 Å². The summed E-state index contributed by atoms with van der Waals surface area (Å²) in [6.45, 7) is 0.275. The van der Waals surface area contributed by atoms with E-state index in [1.54, 1.807) is 35.2 Å². The molecule has 1 aromatic carbocycles. The van der Waals surface area contributed by atoms with Gasteiger partial charge < -0.3 is 25.2 Å². The molecule has 0 bridgehead atoms. The summed E-state index contributed by atoms with van der Waals surface area (Å²) in [6, 6.07) is 6.84. The summed E-state index contributed by atoms with van der Waals surface area (Å²) in [5.41, 5.74) is 6.80. The van der Waals surface area contributed by atoms with E-state index >= 15 is 0 Å². The normalized spacial score (nSPS) is 11.9. The van der Waals surface area contributed by atoms with Crippen molar-refractivity contribution in [2.75, 3.05) is 12.3 Å². The number of rotatable bonds is 7. The minimum atomic E-state index is -4.48. The van der Waals surface area contributed by atoms with Gasteiger partial charge in [0.2, 0.25) is 5.95 Å². The number of nitrogen functional groups attached to an aromatic ring is 1. The largest absolute Gasteiger partial charge is 0.507 e. The van der Waals surface area contributed by atoms with Gasteiger partial charge >= 0.3 is 7.82 Å². The lowest BCUT2D eigenvalue weighted by Crippen LogP contribution is -2.04. The zero-order valence-electron chi connectivity index (χ0n) is 13.4. The van der Waals surface area contributed by atoms with E-state index in [1.807, 2.05) is 0 Å².